The molecule has 2 rings (SSSR count). The van der Waals surface area contributed by atoms with E-state index in [0.29, 0.717) is 6.42 Å². The molecule has 0 aliphatic heterocycles. The number of alkyl halides is 1. The van der Waals surface area contributed by atoms with E-state index in [1.807, 2.05) is 6.92 Å². The molecule has 4 heteroatoms. The Labute approximate surface area is 116 Å². The Hall–Kier alpha value is -0.640. The topological polar surface area (TPSA) is 43.4 Å². The smallest absolute Gasteiger partial charge is 0.323 e. The Kier molecular flexibility index (Phi) is 3.21. The predicted octanol–water partition coefficient (Wildman–Crippen LogP) is 3.02. The lowest BCUT2D eigenvalue weighted by atomic mass is 9.72. The van der Waals surface area contributed by atoms with Gasteiger partial charge in [-0.1, -0.05) is 35.4 Å². The number of hydrogen-bond donors (Lipinski definition) is 0. The Bertz CT molecular complexity index is 450. The van der Waals surface area contributed by atoms with Gasteiger partial charge in [-0.25, -0.2) is 0 Å². The molecule has 2 aliphatic rings. The van der Waals surface area contributed by atoms with Gasteiger partial charge in [0.25, 0.3) is 0 Å². The molecule has 0 heterocycles. The van der Waals surface area contributed by atoms with Crippen LogP contribution in [0.1, 0.15) is 40.0 Å². The van der Waals surface area contributed by atoms with Crippen LogP contribution in [0.4, 0.5) is 0 Å². The highest BCUT2D eigenvalue weighted by Crippen LogP contribution is 2.59. The normalized spacial score (nSPS) is 34.5. The van der Waals surface area contributed by atoms with E-state index in [-0.39, 0.29) is 23.1 Å². The van der Waals surface area contributed by atoms with Crippen LogP contribution in [-0.2, 0) is 14.3 Å². The second kappa shape index (κ2) is 4.19. The van der Waals surface area contributed by atoms with E-state index in [0.717, 1.165) is 24.0 Å². The molecular weight excluding hydrogens is 296 g/mol. The number of ketones is 1. The van der Waals surface area contributed by atoms with E-state index >= 15 is 0 Å². The van der Waals surface area contributed by atoms with Gasteiger partial charge in [-0.2, -0.15) is 0 Å². The first-order chi connectivity index (χ1) is 8.21. The van der Waals surface area contributed by atoms with Crippen LogP contribution in [0.5, 0.6) is 0 Å². The molecule has 0 amide bonds. The standard InChI is InChI=1S/C14H19BrO3/c1-8-9(5-13(2,3)7-11(8)16)10-6-14(10,15)12(17)18-4/h10H,5-7H2,1-4H3/t10-,14-/m0/s1. The van der Waals surface area contributed by atoms with Crippen molar-refractivity contribution in [1.82, 2.24) is 0 Å². The number of carbonyl (C=O) groups excluding carboxylic acids is 2. The zero-order valence-electron chi connectivity index (χ0n) is 11.3. The van der Waals surface area contributed by atoms with Crippen LogP contribution in [0.15, 0.2) is 11.1 Å². The van der Waals surface area contributed by atoms with Gasteiger partial charge in [0.15, 0.2) is 5.78 Å². The molecule has 0 radical (unpaired) electrons. The highest BCUT2D eigenvalue weighted by molar-refractivity contribution is 9.10. The quantitative estimate of drug-likeness (QED) is 0.581. The number of ether oxygens (including phenoxy) is 1. The minimum absolute atomic E-state index is 0.00144. The number of methoxy groups -OCH3 is 1. The van der Waals surface area contributed by atoms with Gasteiger partial charge in [-0.05, 0) is 30.8 Å². The summed E-state index contributed by atoms with van der Waals surface area (Å²) in [6, 6.07) is 0. The van der Waals surface area contributed by atoms with Gasteiger partial charge in [0.1, 0.15) is 4.32 Å². The van der Waals surface area contributed by atoms with Crippen LogP contribution in [0, 0.1) is 11.3 Å². The Morgan fingerprint density at radius 2 is 2.00 bits per heavy atom. The largest absolute Gasteiger partial charge is 0.468 e. The molecule has 0 unspecified atom stereocenters. The van der Waals surface area contributed by atoms with Gasteiger partial charge in [-0.3, -0.25) is 9.59 Å². The summed E-state index contributed by atoms with van der Waals surface area (Å²) in [5, 5.41) is 0. The third-order valence-corrected chi connectivity index (χ3v) is 5.25. The monoisotopic (exact) mass is 314 g/mol. The van der Waals surface area contributed by atoms with Crippen molar-refractivity contribution in [2.24, 2.45) is 11.3 Å². The lowest BCUT2D eigenvalue weighted by molar-refractivity contribution is -0.140. The Morgan fingerprint density at radius 3 is 2.56 bits per heavy atom. The molecule has 3 nitrogen and oxygen atoms in total. The number of hydrogen-bond acceptors (Lipinski definition) is 3. The van der Waals surface area contributed by atoms with Crippen LogP contribution in [0.25, 0.3) is 0 Å². The van der Waals surface area contributed by atoms with E-state index in [1.165, 1.54) is 7.11 Å². The first-order valence-corrected chi connectivity index (χ1v) is 7.01. The maximum Gasteiger partial charge on any atom is 0.323 e. The van der Waals surface area contributed by atoms with Crippen molar-refractivity contribution in [3.05, 3.63) is 11.1 Å². The number of carbonyl (C=O) groups is 2. The molecule has 2 atom stereocenters. The molecule has 1 saturated carbocycles. The second-order valence-corrected chi connectivity index (χ2v) is 7.62. The number of rotatable bonds is 2. The minimum Gasteiger partial charge on any atom is -0.468 e. The summed E-state index contributed by atoms with van der Waals surface area (Å²) in [5.74, 6) is 0.102. The molecule has 0 N–H and O–H groups in total. The van der Waals surface area contributed by atoms with Gasteiger partial charge < -0.3 is 4.74 Å². The molecule has 0 saturated heterocycles. The molecule has 0 bridgehead atoms. The summed E-state index contributed by atoms with van der Waals surface area (Å²) in [4.78, 5) is 23.7. The molecule has 0 aromatic carbocycles. The first-order valence-electron chi connectivity index (χ1n) is 6.21. The summed E-state index contributed by atoms with van der Waals surface area (Å²) in [6.07, 6.45) is 2.22. The predicted molar refractivity (Wildman–Crippen MR) is 72.5 cm³/mol. The summed E-state index contributed by atoms with van der Waals surface area (Å²) in [7, 11) is 1.40. The van der Waals surface area contributed by atoms with Crippen LogP contribution in [0.2, 0.25) is 0 Å². The zero-order chi connectivity index (χ0) is 13.7. The van der Waals surface area contributed by atoms with Crippen molar-refractivity contribution in [2.45, 2.75) is 44.4 Å². The maximum atomic E-state index is 12.0. The highest BCUT2D eigenvalue weighted by Gasteiger charge is 2.62. The zero-order valence-corrected chi connectivity index (χ0v) is 12.9. The van der Waals surface area contributed by atoms with E-state index in [2.05, 4.69) is 29.8 Å². The second-order valence-electron chi connectivity index (χ2n) is 6.20. The number of Topliss-reactive ketones (excluding diaryl/α,β-unsaturated/α-hetero) is 1. The van der Waals surface area contributed by atoms with Crippen molar-refractivity contribution in [3.8, 4) is 0 Å². The number of allylic oxidation sites excluding steroid dienone is 2. The van der Waals surface area contributed by atoms with Gasteiger partial charge in [0.05, 0.1) is 7.11 Å². The molecule has 2 aliphatic carbocycles. The van der Waals surface area contributed by atoms with Crippen LogP contribution in [-0.4, -0.2) is 23.2 Å². The van der Waals surface area contributed by atoms with Gasteiger partial charge in [0, 0.05) is 12.3 Å². The van der Waals surface area contributed by atoms with E-state index < -0.39 is 4.32 Å². The summed E-state index contributed by atoms with van der Waals surface area (Å²) in [6.45, 7) is 6.09. The molecule has 0 spiro atoms. The average Bonchev–Trinajstić information content (AvgIpc) is 2.95. The van der Waals surface area contributed by atoms with Crippen molar-refractivity contribution < 1.29 is 14.3 Å². The van der Waals surface area contributed by atoms with Crippen molar-refractivity contribution in [1.29, 1.82) is 0 Å². The van der Waals surface area contributed by atoms with Crippen LogP contribution < -0.4 is 0 Å². The molecular formula is C14H19BrO3. The SMILES string of the molecule is COC(=O)[C@]1(Br)C[C@H]1C1=C(C)C(=O)CC(C)(C)C1. The van der Waals surface area contributed by atoms with Crippen molar-refractivity contribution in [2.75, 3.05) is 7.11 Å². The first kappa shape index (κ1) is 13.8. The van der Waals surface area contributed by atoms with Gasteiger partial charge >= 0.3 is 5.97 Å². The third-order valence-electron chi connectivity index (χ3n) is 4.05. The van der Waals surface area contributed by atoms with E-state index in [1.54, 1.807) is 0 Å². The summed E-state index contributed by atoms with van der Waals surface area (Å²) in [5.41, 5.74) is 1.99. The lowest BCUT2D eigenvalue weighted by Crippen LogP contribution is -2.28. The molecule has 1 fully saturated rings. The molecule has 0 aromatic heterocycles. The Balaban J connectivity index is 2.27. The molecule has 100 valence electrons. The van der Waals surface area contributed by atoms with Crippen LogP contribution >= 0.6 is 15.9 Å². The summed E-state index contributed by atoms with van der Waals surface area (Å²) >= 11 is 3.48. The summed E-state index contributed by atoms with van der Waals surface area (Å²) < 4.78 is 4.23. The number of esters is 1. The van der Waals surface area contributed by atoms with Crippen molar-refractivity contribution in [3.63, 3.8) is 0 Å². The minimum atomic E-state index is -0.591. The maximum absolute atomic E-state index is 12.0. The van der Waals surface area contributed by atoms with Crippen molar-refractivity contribution >= 4 is 27.7 Å². The lowest BCUT2D eigenvalue weighted by Gasteiger charge is -2.32. The Morgan fingerprint density at radius 1 is 1.39 bits per heavy atom. The fraction of sp³-hybridized carbons (Fsp3) is 0.714. The fourth-order valence-corrected chi connectivity index (χ4v) is 3.64. The van der Waals surface area contributed by atoms with Gasteiger partial charge in [0.2, 0.25) is 0 Å². The molecule has 0 aromatic rings. The molecule has 18 heavy (non-hydrogen) atoms. The number of halogens is 1. The van der Waals surface area contributed by atoms with E-state index in [9.17, 15) is 9.59 Å². The average molecular weight is 315 g/mol. The van der Waals surface area contributed by atoms with E-state index in [4.69, 9.17) is 4.74 Å². The fourth-order valence-electron chi connectivity index (χ4n) is 2.87. The third kappa shape index (κ3) is 2.15. The van der Waals surface area contributed by atoms with Gasteiger partial charge in [-0.15, -0.1) is 0 Å². The highest BCUT2D eigenvalue weighted by atomic mass is 79.9. The van der Waals surface area contributed by atoms with Crippen LogP contribution in [0.3, 0.4) is 0 Å².